The molecule has 0 radical (unpaired) electrons. The average Bonchev–Trinajstić information content (AvgIpc) is 3.19. The molecule has 2 aliphatic rings. The van der Waals surface area contributed by atoms with E-state index in [1.807, 2.05) is 0 Å². The molecule has 2 atom stereocenters. The summed E-state index contributed by atoms with van der Waals surface area (Å²) < 4.78 is 0. The number of rotatable bonds is 5. The molecule has 1 aliphatic heterocycles. The summed E-state index contributed by atoms with van der Waals surface area (Å²) in [6.45, 7) is 2.00. The van der Waals surface area contributed by atoms with Gasteiger partial charge in [0.25, 0.3) is 0 Å². The highest BCUT2D eigenvalue weighted by Crippen LogP contribution is 2.41. The average molecular weight is 392 g/mol. The summed E-state index contributed by atoms with van der Waals surface area (Å²) >= 11 is 0. The normalized spacial score (nSPS) is 21.8. The lowest BCUT2D eigenvalue weighted by molar-refractivity contribution is -0.138. The first kappa shape index (κ1) is 20.1. The number of amides is 1. The van der Waals surface area contributed by atoms with Crippen molar-refractivity contribution in [3.05, 3.63) is 71.3 Å². The van der Waals surface area contributed by atoms with Crippen molar-refractivity contribution in [2.75, 3.05) is 33.7 Å². The Morgan fingerprint density at radius 3 is 2.41 bits per heavy atom. The maximum atomic E-state index is 13.5. The lowest BCUT2D eigenvalue weighted by Crippen LogP contribution is -2.53. The molecule has 1 amide bonds. The molecule has 4 heteroatoms. The van der Waals surface area contributed by atoms with Gasteiger partial charge >= 0.3 is 0 Å². The van der Waals surface area contributed by atoms with Crippen LogP contribution in [0.1, 0.15) is 41.9 Å². The van der Waals surface area contributed by atoms with Crippen molar-refractivity contribution in [3.63, 3.8) is 0 Å². The molecule has 0 saturated carbocycles. The predicted octanol–water partition coefficient (Wildman–Crippen LogP) is 3.37. The zero-order chi connectivity index (χ0) is 20.4. The van der Waals surface area contributed by atoms with Crippen molar-refractivity contribution in [2.24, 2.45) is 11.7 Å². The van der Waals surface area contributed by atoms with Crippen LogP contribution in [0.2, 0.25) is 0 Å². The number of hydrogen-bond donors (Lipinski definition) is 1. The van der Waals surface area contributed by atoms with E-state index < -0.39 is 0 Å². The molecular formula is C25H33N3O. The molecule has 2 N–H and O–H groups in total. The molecular weight excluding hydrogens is 358 g/mol. The van der Waals surface area contributed by atoms with Gasteiger partial charge in [-0.3, -0.25) is 9.69 Å². The molecule has 0 spiro atoms. The third-order valence-electron chi connectivity index (χ3n) is 7.31. The number of piperidine rings is 1. The van der Waals surface area contributed by atoms with Crippen LogP contribution >= 0.6 is 0 Å². The number of likely N-dealkylation sites (tertiary alicyclic amines) is 1. The van der Waals surface area contributed by atoms with E-state index in [1.54, 1.807) is 0 Å². The van der Waals surface area contributed by atoms with Gasteiger partial charge in [-0.2, -0.15) is 0 Å². The van der Waals surface area contributed by atoms with Gasteiger partial charge in [0.15, 0.2) is 0 Å². The van der Waals surface area contributed by atoms with E-state index in [4.69, 9.17) is 5.73 Å². The lowest BCUT2D eigenvalue weighted by Gasteiger charge is -2.47. The summed E-state index contributed by atoms with van der Waals surface area (Å²) in [5.74, 6) is 0.398. The third-order valence-corrected chi connectivity index (χ3v) is 7.31. The van der Waals surface area contributed by atoms with Crippen LogP contribution in [0.4, 0.5) is 0 Å². The van der Waals surface area contributed by atoms with E-state index in [1.165, 1.54) is 16.7 Å². The zero-order valence-electron chi connectivity index (χ0n) is 17.7. The molecule has 1 fully saturated rings. The molecule has 0 aromatic heterocycles. The van der Waals surface area contributed by atoms with Gasteiger partial charge in [0.05, 0.1) is 5.92 Å². The third kappa shape index (κ3) is 3.60. The molecule has 1 aliphatic carbocycles. The first-order valence-electron chi connectivity index (χ1n) is 10.9. The van der Waals surface area contributed by atoms with Crippen LogP contribution < -0.4 is 5.73 Å². The number of fused-ring (bicyclic) bond motifs is 1. The second-order valence-corrected chi connectivity index (χ2v) is 8.80. The summed E-state index contributed by atoms with van der Waals surface area (Å²) in [6, 6.07) is 19.3. The number of aryl methyl sites for hydroxylation is 1. The maximum Gasteiger partial charge on any atom is 0.227 e. The Hall–Kier alpha value is -2.17. The van der Waals surface area contributed by atoms with Gasteiger partial charge in [-0.25, -0.2) is 0 Å². The molecule has 4 nitrogen and oxygen atoms in total. The van der Waals surface area contributed by atoms with E-state index in [2.05, 4.69) is 78.5 Å². The number of benzene rings is 2. The minimum Gasteiger partial charge on any atom is -0.342 e. The largest absolute Gasteiger partial charge is 0.342 e. The minimum atomic E-state index is -0.109. The molecule has 2 aromatic carbocycles. The van der Waals surface area contributed by atoms with Crippen LogP contribution in [0.3, 0.4) is 0 Å². The lowest BCUT2D eigenvalue weighted by atomic mass is 9.79. The van der Waals surface area contributed by atoms with Crippen molar-refractivity contribution in [3.8, 4) is 0 Å². The second-order valence-electron chi connectivity index (χ2n) is 8.80. The van der Waals surface area contributed by atoms with Crippen LogP contribution in [-0.4, -0.2) is 49.4 Å². The summed E-state index contributed by atoms with van der Waals surface area (Å²) in [7, 11) is 4.31. The summed E-state index contributed by atoms with van der Waals surface area (Å²) in [6.07, 6.45) is 4.00. The topological polar surface area (TPSA) is 49.6 Å². The highest BCUT2D eigenvalue weighted by atomic mass is 16.2. The van der Waals surface area contributed by atoms with E-state index in [0.29, 0.717) is 6.54 Å². The van der Waals surface area contributed by atoms with Crippen molar-refractivity contribution in [2.45, 2.75) is 37.1 Å². The highest BCUT2D eigenvalue weighted by Gasteiger charge is 2.42. The fourth-order valence-corrected chi connectivity index (χ4v) is 5.52. The van der Waals surface area contributed by atoms with Crippen molar-refractivity contribution in [1.82, 2.24) is 9.80 Å². The molecule has 0 bridgehead atoms. The van der Waals surface area contributed by atoms with E-state index >= 15 is 0 Å². The second kappa shape index (κ2) is 8.29. The predicted molar refractivity (Wildman–Crippen MR) is 118 cm³/mol. The van der Waals surface area contributed by atoms with Gasteiger partial charge < -0.3 is 10.6 Å². The maximum absolute atomic E-state index is 13.5. The number of nitrogens with two attached hydrogens (primary N) is 1. The van der Waals surface area contributed by atoms with Crippen LogP contribution in [0.5, 0.6) is 0 Å². The summed E-state index contributed by atoms with van der Waals surface area (Å²) in [5.41, 5.74) is 10.2. The molecule has 2 aromatic rings. The molecule has 154 valence electrons. The Labute approximate surface area is 174 Å². The van der Waals surface area contributed by atoms with E-state index in [-0.39, 0.29) is 23.3 Å². The molecule has 1 heterocycles. The van der Waals surface area contributed by atoms with Gasteiger partial charge in [-0.15, -0.1) is 0 Å². The monoisotopic (exact) mass is 391 g/mol. The van der Waals surface area contributed by atoms with Gasteiger partial charge in [0.1, 0.15) is 0 Å². The Morgan fingerprint density at radius 2 is 1.76 bits per heavy atom. The Bertz CT molecular complexity index is 840. The van der Waals surface area contributed by atoms with Crippen LogP contribution in [0, 0.1) is 5.92 Å². The Balaban J connectivity index is 1.50. The summed E-state index contributed by atoms with van der Waals surface area (Å²) in [4.78, 5) is 17.9. The minimum absolute atomic E-state index is 0.00376. The highest BCUT2D eigenvalue weighted by molar-refractivity contribution is 5.80. The van der Waals surface area contributed by atoms with Gasteiger partial charge in [-0.1, -0.05) is 54.6 Å². The molecule has 29 heavy (non-hydrogen) atoms. The van der Waals surface area contributed by atoms with E-state index in [9.17, 15) is 4.79 Å². The smallest absolute Gasteiger partial charge is 0.227 e. The molecule has 4 rings (SSSR count). The van der Waals surface area contributed by atoms with E-state index in [0.717, 1.165) is 38.8 Å². The standard InChI is InChI=1S/C25H33N3O/c1-27(2)25(20-9-4-3-5-10-20)14-16-28(17-15-25)24(29)23(18-26)22-13-12-19-8-6-7-11-21(19)22/h3-11,22-23H,12-18,26H2,1-2H3/t22-,23-/m1/s1. The van der Waals surface area contributed by atoms with Crippen molar-refractivity contribution in [1.29, 1.82) is 0 Å². The van der Waals surface area contributed by atoms with Gasteiger partial charge in [-0.05, 0) is 62.4 Å². The Morgan fingerprint density at radius 1 is 1.10 bits per heavy atom. The SMILES string of the molecule is CN(C)C1(c2ccccc2)CCN(C(=O)[C@H](CN)[C@@H]2CCc3ccccc32)CC1. The molecule has 0 unspecified atom stereocenters. The number of carbonyl (C=O) groups is 1. The van der Waals surface area contributed by atoms with Crippen LogP contribution in [-0.2, 0) is 16.8 Å². The quantitative estimate of drug-likeness (QED) is 0.850. The number of nitrogens with zero attached hydrogens (tertiary/aromatic N) is 2. The zero-order valence-corrected chi connectivity index (χ0v) is 17.7. The number of carbonyl (C=O) groups excluding carboxylic acids is 1. The van der Waals surface area contributed by atoms with Crippen LogP contribution in [0.15, 0.2) is 54.6 Å². The number of hydrogen-bond acceptors (Lipinski definition) is 3. The first-order valence-corrected chi connectivity index (χ1v) is 10.9. The molecule has 1 saturated heterocycles. The first-order chi connectivity index (χ1) is 14.1. The fourth-order valence-electron chi connectivity index (χ4n) is 5.52. The van der Waals surface area contributed by atoms with Crippen molar-refractivity contribution < 1.29 is 4.79 Å². The summed E-state index contributed by atoms with van der Waals surface area (Å²) in [5, 5.41) is 0. The van der Waals surface area contributed by atoms with Gasteiger partial charge in [0.2, 0.25) is 5.91 Å². The Kier molecular flexibility index (Phi) is 5.75. The van der Waals surface area contributed by atoms with Crippen LogP contribution in [0.25, 0.3) is 0 Å². The van der Waals surface area contributed by atoms with Gasteiger partial charge in [0, 0.05) is 25.2 Å². The van der Waals surface area contributed by atoms with Crippen molar-refractivity contribution >= 4 is 5.91 Å². The fraction of sp³-hybridized carbons (Fsp3) is 0.480.